The van der Waals surface area contributed by atoms with Crippen LogP contribution in [0.1, 0.15) is 19.3 Å². The summed E-state index contributed by atoms with van der Waals surface area (Å²) in [6.45, 7) is 1.21. The van der Waals surface area contributed by atoms with Gasteiger partial charge in [0, 0.05) is 35.4 Å². The van der Waals surface area contributed by atoms with Gasteiger partial charge in [-0.2, -0.15) is 0 Å². The van der Waals surface area contributed by atoms with E-state index >= 15 is 0 Å². The van der Waals surface area contributed by atoms with Gasteiger partial charge in [0.25, 0.3) is 0 Å². The number of hydrogen-bond donors (Lipinski definition) is 2. The molecular weight excluding hydrogens is 272 g/mol. The smallest absolute Gasteiger partial charge is 0.0737 e. The van der Waals surface area contributed by atoms with Gasteiger partial charge in [-0.1, -0.05) is 18.0 Å². The second kappa shape index (κ2) is 5.98. The molecular formula is C16H19ClN2O. The van der Waals surface area contributed by atoms with E-state index in [0.717, 1.165) is 29.6 Å². The predicted molar refractivity (Wildman–Crippen MR) is 83.2 cm³/mol. The van der Waals surface area contributed by atoms with Crippen LogP contribution in [0.2, 0.25) is 5.02 Å². The van der Waals surface area contributed by atoms with Gasteiger partial charge in [0.15, 0.2) is 0 Å². The van der Waals surface area contributed by atoms with Crippen LogP contribution in [-0.2, 0) is 0 Å². The number of aliphatic hydroxyl groups excluding tert-OH is 1. The summed E-state index contributed by atoms with van der Waals surface area (Å²) in [5, 5.41) is 14.7. The number of anilines is 1. The standard InChI is InChI=1S/C16H19ClN2O/c17-13-4-5-14-15(6-7-18-16(14)8-13)19-9-11-2-1-3-12(11)10-20/h4-8,11-12,20H,1-3,9-10H2,(H,18,19). The number of pyridine rings is 1. The number of rotatable bonds is 4. The van der Waals surface area contributed by atoms with E-state index in [4.69, 9.17) is 11.6 Å². The minimum Gasteiger partial charge on any atom is -0.396 e. The molecule has 3 rings (SSSR count). The molecule has 106 valence electrons. The zero-order valence-electron chi connectivity index (χ0n) is 11.3. The van der Waals surface area contributed by atoms with Gasteiger partial charge >= 0.3 is 0 Å². The molecule has 1 fully saturated rings. The van der Waals surface area contributed by atoms with Crippen molar-refractivity contribution in [3.8, 4) is 0 Å². The van der Waals surface area contributed by atoms with Crippen LogP contribution in [0.5, 0.6) is 0 Å². The fourth-order valence-corrected chi connectivity index (χ4v) is 3.31. The van der Waals surface area contributed by atoms with Crippen LogP contribution in [0, 0.1) is 11.8 Å². The monoisotopic (exact) mass is 290 g/mol. The van der Waals surface area contributed by atoms with Gasteiger partial charge < -0.3 is 10.4 Å². The topological polar surface area (TPSA) is 45.1 Å². The van der Waals surface area contributed by atoms with Crippen LogP contribution < -0.4 is 5.32 Å². The lowest BCUT2D eigenvalue weighted by Gasteiger charge is -2.19. The lowest BCUT2D eigenvalue weighted by Crippen LogP contribution is -2.20. The number of nitrogens with zero attached hydrogens (tertiary/aromatic N) is 1. The Labute approximate surface area is 124 Å². The van der Waals surface area contributed by atoms with Crippen molar-refractivity contribution in [3.63, 3.8) is 0 Å². The van der Waals surface area contributed by atoms with E-state index < -0.39 is 0 Å². The Morgan fingerprint density at radius 3 is 2.95 bits per heavy atom. The van der Waals surface area contributed by atoms with Crippen LogP contribution in [0.4, 0.5) is 5.69 Å². The van der Waals surface area contributed by atoms with E-state index in [9.17, 15) is 5.11 Å². The maximum absolute atomic E-state index is 9.38. The zero-order valence-corrected chi connectivity index (χ0v) is 12.1. The number of benzene rings is 1. The highest BCUT2D eigenvalue weighted by atomic mass is 35.5. The highest BCUT2D eigenvalue weighted by molar-refractivity contribution is 6.31. The Balaban J connectivity index is 1.77. The quantitative estimate of drug-likeness (QED) is 0.902. The Kier molecular flexibility index (Phi) is 4.08. The van der Waals surface area contributed by atoms with Gasteiger partial charge in [0.1, 0.15) is 0 Å². The summed E-state index contributed by atoms with van der Waals surface area (Å²) in [6.07, 6.45) is 5.38. The van der Waals surface area contributed by atoms with Gasteiger partial charge in [-0.3, -0.25) is 4.98 Å². The third-order valence-corrected chi connectivity index (χ3v) is 4.55. The molecule has 2 N–H and O–H groups in total. The van der Waals surface area contributed by atoms with Gasteiger partial charge in [-0.05, 0) is 48.9 Å². The van der Waals surface area contributed by atoms with Gasteiger partial charge in [-0.15, -0.1) is 0 Å². The second-order valence-electron chi connectivity index (χ2n) is 5.53. The van der Waals surface area contributed by atoms with Crippen molar-refractivity contribution in [2.45, 2.75) is 19.3 Å². The fourth-order valence-electron chi connectivity index (χ4n) is 3.14. The van der Waals surface area contributed by atoms with Crippen LogP contribution in [0.3, 0.4) is 0 Å². The average Bonchev–Trinajstić information content (AvgIpc) is 2.92. The summed E-state index contributed by atoms with van der Waals surface area (Å²) in [6, 6.07) is 7.78. The van der Waals surface area contributed by atoms with E-state index in [0.29, 0.717) is 23.5 Å². The van der Waals surface area contributed by atoms with Crippen molar-refractivity contribution in [1.82, 2.24) is 4.98 Å². The molecule has 1 aliphatic carbocycles. The van der Waals surface area contributed by atoms with Crippen molar-refractivity contribution in [2.75, 3.05) is 18.5 Å². The van der Waals surface area contributed by atoms with Gasteiger partial charge in [-0.25, -0.2) is 0 Å². The van der Waals surface area contributed by atoms with Crippen LogP contribution >= 0.6 is 11.6 Å². The van der Waals surface area contributed by atoms with E-state index in [-0.39, 0.29) is 0 Å². The first kappa shape index (κ1) is 13.7. The first-order chi connectivity index (χ1) is 9.78. The molecule has 0 bridgehead atoms. The summed E-state index contributed by atoms with van der Waals surface area (Å²) in [4.78, 5) is 4.35. The number of halogens is 1. The number of aliphatic hydroxyl groups is 1. The molecule has 1 aromatic carbocycles. The minimum atomic E-state index is 0.305. The number of aromatic nitrogens is 1. The largest absolute Gasteiger partial charge is 0.396 e. The second-order valence-corrected chi connectivity index (χ2v) is 5.97. The van der Waals surface area contributed by atoms with Crippen molar-refractivity contribution < 1.29 is 5.11 Å². The zero-order chi connectivity index (χ0) is 13.9. The molecule has 0 spiro atoms. The Bertz CT molecular complexity index is 602. The average molecular weight is 291 g/mol. The molecule has 2 unspecified atom stereocenters. The summed E-state index contributed by atoms with van der Waals surface area (Å²) < 4.78 is 0. The summed E-state index contributed by atoms with van der Waals surface area (Å²) in [5.74, 6) is 1.01. The molecule has 0 aliphatic heterocycles. The Hall–Kier alpha value is -1.32. The van der Waals surface area contributed by atoms with E-state index in [2.05, 4.69) is 10.3 Å². The normalized spacial score (nSPS) is 22.3. The van der Waals surface area contributed by atoms with E-state index in [1.165, 1.54) is 12.8 Å². The van der Waals surface area contributed by atoms with Crippen molar-refractivity contribution >= 4 is 28.2 Å². The highest BCUT2D eigenvalue weighted by Gasteiger charge is 2.26. The molecule has 3 nitrogen and oxygen atoms in total. The minimum absolute atomic E-state index is 0.305. The lowest BCUT2D eigenvalue weighted by molar-refractivity contribution is 0.199. The van der Waals surface area contributed by atoms with Crippen LogP contribution in [0.25, 0.3) is 10.9 Å². The number of fused-ring (bicyclic) bond motifs is 1. The van der Waals surface area contributed by atoms with Gasteiger partial charge in [0.05, 0.1) is 5.52 Å². The molecule has 2 atom stereocenters. The third kappa shape index (κ3) is 2.74. The fraction of sp³-hybridized carbons (Fsp3) is 0.438. The maximum Gasteiger partial charge on any atom is 0.0737 e. The summed E-state index contributed by atoms with van der Waals surface area (Å²) in [5.41, 5.74) is 2.00. The Morgan fingerprint density at radius 2 is 2.10 bits per heavy atom. The molecule has 2 aromatic rings. The van der Waals surface area contributed by atoms with E-state index in [1.807, 2.05) is 24.3 Å². The van der Waals surface area contributed by atoms with Crippen molar-refractivity contribution in [3.05, 3.63) is 35.5 Å². The molecule has 20 heavy (non-hydrogen) atoms. The van der Waals surface area contributed by atoms with Gasteiger partial charge in [0.2, 0.25) is 0 Å². The SMILES string of the molecule is OCC1CCCC1CNc1ccnc2cc(Cl)ccc12. The third-order valence-electron chi connectivity index (χ3n) is 4.31. The van der Waals surface area contributed by atoms with E-state index in [1.54, 1.807) is 6.20 Å². The lowest BCUT2D eigenvalue weighted by atomic mass is 9.97. The first-order valence-corrected chi connectivity index (χ1v) is 7.54. The molecule has 0 saturated heterocycles. The summed E-state index contributed by atoms with van der Waals surface area (Å²) in [7, 11) is 0. The first-order valence-electron chi connectivity index (χ1n) is 7.17. The molecule has 1 aliphatic rings. The highest BCUT2D eigenvalue weighted by Crippen LogP contribution is 2.32. The van der Waals surface area contributed by atoms with Crippen molar-refractivity contribution in [1.29, 1.82) is 0 Å². The Morgan fingerprint density at radius 1 is 1.25 bits per heavy atom. The molecule has 1 saturated carbocycles. The number of nitrogens with one attached hydrogen (secondary N) is 1. The molecule has 4 heteroatoms. The molecule has 1 aromatic heterocycles. The molecule has 1 heterocycles. The van der Waals surface area contributed by atoms with Crippen molar-refractivity contribution in [2.24, 2.45) is 11.8 Å². The number of hydrogen-bond acceptors (Lipinski definition) is 3. The maximum atomic E-state index is 9.38. The van der Waals surface area contributed by atoms with Crippen LogP contribution in [0.15, 0.2) is 30.5 Å². The molecule has 0 radical (unpaired) electrons. The summed E-state index contributed by atoms with van der Waals surface area (Å²) >= 11 is 6.00. The molecule has 0 amide bonds. The van der Waals surface area contributed by atoms with Crippen LogP contribution in [-0.4, -0.2) is 23.2 Å². The predicted octanol–water partition coefficient (Wildman–Crippen LogP) is 3.71.